The van der Waals surface area contributed by atoms with Crippen LogP contribution in [0.5, 0.6) is 17.2 Å². The second-order valence-corrected chi connectivity index (χ2v) is 12.4. The number of aliphatic hydroxyl groups is 1. The van der Waals surface area contributed by atoms with Gasteiger partial charge in [0.05, 0.1) is 63.3 Å². The van der Waals surface area contributed by atoms with Crippen molar-refractivity contribution in [2.45, 2.75) is 56.6 Å². The molecule has 0 saturated carbocycles. The van der Waals surface area contributed by atoms with Gasteiger partial charge in [0.2, 0.25) is 5.91 Å². The second kappa shape index (κ2) is 23.8. The van der Waals surface area contributed by atoms with E-state index in [1.54, 1.807) is 62.6 Å². The molecule has 13 heteroatoms. The number of halogens is 1. The minimum Gasteiger partial charge on any atom is -0.496 e. The quantitative estimate of drug-likeness (QED) is 0.0581. The average molecular weight is 800 g/mol. The van der Waals surface area contributed by atoms with Crippen LogP contribution in [-0.4, -0.2) is 56.0 Å². The Hall–Kier alpha value is -5.73. The summed E-state index contributed by atoms with van der Waals surface area (Å²) in [5.41, 5.74) is 16.9. The smallest absolute Gasteiger partial charge is 0.237 e. The number of carbonyl (C=O) groups excluding carboxylic acids is 2. The summed E-state index contributed by atoms with van der Waals surface area (Å²) < 4.78 is 15.4. The highest BCUT2D eigenvalue weighted by molar-refractivity contribution is 9.08. The Morgan fingerprint density at radius 1 is 0.833 bits per heavy atom. The first-order valence-corrected chi connectivity index (χ1v) is 18.0. The Morgan fingerprint density at radius 2 is 1.37 bits per heavy atom. The van der Waals surface area contributed by atoms with Crippen LogP contribution in [-0.2, 0) is 34.4 Å². The highest BCUT2D eigenvalue weighted by Gasteiger charge is 2.20. The van der Waals surface area contributed by atoms with Crippen LogP contribution in [0.1, 0.15) is 58.7 Å². The molecule has 0 heterocycles. The SMILES string of the molecule is COc1cc(C#N)ccc1CBr.COc1cc(C#N)ccc1CO.COc1cc(C(=N)N)ccc1CCC(=O)[C@H](C)NC(=O)[C@H](N)CCc1ccccc1. The number of hydrogen-bond acceptors (Lipinski definition) is 10. The lowest BCUT2D eigenvalue weighted by Crippen LogP contribution is -2.47. The van der Waals surface area contributed by atoms with Crippen LogP contribution in [0.15, 0.2) is 84.9 Å². The molecule has 1 amide bonds. The first kappa shape index (κ1) is 44.4. The van der Waals surface area contributed by atoms with Gasteiger partial charge in [-0.1, -0.05) is 70.5 Å². The van der Waals surface area contributed by atoms with Crippen LogP contribution in [0.25, 0.3) is 0 Å². The minimum absolute atomic E-state index is 0.0455. The molecule has 0 aliphatic heterocycles. The normalized spacial score (nSPS) is 11.1. The molecule has 4 aromatic rings. The molecule has 4 rings (SSSR count). The predicted octanol–water partition coefficient (Wildman–Crippen LogP) is 5.47. The molecular formula is C41H47BrN6O6. The molecule has 284 valence electrons. The second-order valence-electron chi connectivity index (χ2n) is 11.8. The maximum atomic E-state index is 12.5. The summed E-state index contributed by atoms with van der Waals surface area (Å²) >= 11 is 3.33. The van der Waals surface area contributed by atoms with Crippen molar-refractivity contribution in [1.29, 1.82) is 15.9 Å². The summed E-state index contributed by atoms with van der Waals surface area (Å²) in [6, 6.07) is 28.1. The number of nitrogens with two attached hydrogens (primary N) is 2. The number of rotatable bonds is 15. The molecule has 0 radical (unpaired) electrons. The number of nitrogens with one attached hydrogen (secondary N) is 2. The zero-order valence-electron chi connectivity index (χ0n) is 30.9. The van der Waals surface area contributed by atoms with E-state index >= 15 is 0 Å². The first-order valence-electron chi connectivity index (χ1n) is 16.9. The summed E-state index contributed by atoms with van der Waals surface area (Å²) in [7, 11) is 4.64. The molecule has 2 atom stereocenters. The molecular weight excluding hydrogens is 752 g/mol. The summed E-state index contributed by atoms with van der Waals surface area (Å²) in [5, 5.41) is 37.0. The van der Waals surface area contributed by atoms with Gasteiger partial charge in [0, 0.05) is 28.4 Å². The number of benzene rings is 4. The number of hydrogen-bond donors (Lipinski definition) is 5. The van der Waals surface area contributed by atoms with Gasteiger partial charge in [0.25, 0.3) is 0 Å². The highest BCUT2D eigenvalue weighted by atomic mass is 79.9. The van der Waals surface area contributed by atoms with E-state index in [-0.39, 0.29) is 30.6 Å². The fourth-order valence-electron chi connectivity index (χ4n) is 4.96. The fraction of sp³-hybridized carbons (Fsp3) is 0.293. The van der Waals surface area contributed by atoms with Crippen LogP contribution in [0, 0.1) is 28.1 Å². The van der Waals surface area contributed by atoms with E-state index < -0.39 is 12.1 Å². The molecule has 0 saturated heterocycles. The van der Waals surface area contributed by atoms with Gasteiger partial charge in [-0.05, 0) is 67.6 Å². The number of nitriles is 2. The number of nitrogens with zero attached hydrogens (tertiary/aromatic N) is 2. The van der Waals surface area contributed by atoms with Gasteiger partial charge in [-0.15, -0.1) is 0 Å². The van der Waals surface area contributed by atoms with Gasteiger partial charge in [0.15, 0.2) is 5.78 Å². The third-order valence-electron chi connectivity index (χ3n) is 8.15. The van der Waals surface area contributed by atoms with E-state index in [1.807, 2.05) is 42.5 Å². The molecule has 0 aliphatic rings. The summed E-state index contributed by atoms with van der Waals surface area (Å²) in [6.07, 6.45) is 1.92. The number of alkyl halides is 1. The largest absolute Gasteiger partial charge is 0.496 e. The number of amidine groups is 1. The zero-order chi connectivity index (χ0) is 40.0. The Labute approximate surface area is 325 Å². The Kier molecular flexibility index (Phi) is 19.5. The molecule has 54 heavy (non-hydrogen) atoms. The third-order valence-corrected chi connectivity index (χ3v) is 8.75. The number of aliphatic hydroxyl groups excluding tert-OH is 1. The molecule has 0 aromatic heterocycles. The number of Topliss-reactive ketones (excluding diaryl/α,β-unsaturated/α-hetero) is 1. The third kappa shape index (κ3) is 14.4. The number of methoxy groups -OCH3 is 3. The van der Waals surface area contributed by atoms with Crippen LogP contribution in [0.2, 0.25) is 0 Å². The molecule has 7 N–H and O–H groups in total. The zero-order valence-corrected chi connectivity index (χ0v) is 32.5. The van der Waals surface area contributed by atoms with Crippen molar-refractivity contribution in [1.82, 2.24) is 5.32 Å². The fourth-order valence-corrected chi connectivity index (χ4v) is 5.42. The van der Waals surface area contributed by atoms with Gasteiger partial charge in [-0.2, -0.15) is 10.5 Å². The molecule has 0 unspecified atom stereocenters. The van der Waals surface area contributed by atoms with Crippen molar-refractivity contribution in [3.8, 4) is 29.4 Å². The number of ketones is 1. The Morgan fingerprint density at radius 3 is 1.89 bits per heavy atom. The van der Waals surface area contributed by atoms with E-state index in [0.29, 0.717) is 53.0 Å². The lowest BCUT2D eigenvalue weighted by atomic mass is 10.0. The number of carbonyl (C=O) groups is 2. The van der Waals surface area contributed by atoms with Crippen molar-refractivity contribution in [2.75, 3.05) is 21.3 Å². The van der Waals surface area contributed by atoms with Crippen molar-refractivity contribution in [3.63, 3.8) is 0 Å². The van der Waals surface area contributed by atoms with E-state index in [0.717, 1.165) is 27.8 Å². The number of amides is 1. The Bertz CT molecular complexity index is 1860. The molecule has 0 fully saturated rings. The maximum Gasteiger partial charge on any atom is 0.237 e. The maximum absolute atomic E-state index is 12.5. The molecule has 0 bridgehead atoms. The Balaban J connectivity index is 0.000000342. The van der Waals surface area contributed by atoms with Crippen LogP contribution < -0.4 is 31.0 Å². The molecule has 0 aliphatic carbocycles. The summed E-state index contributed by atoms with van der Waals surface area (Å²) in [5.74, 6) is 1.43. The first-order chi connectivity index (χ1) is 25.9. The average Bonchev–Trinajstić information content (AvgIpc) is 3.21. The van der Waals surface area contributed by atoms with E-state index in [1.165, 1.54) is 14.2 Å². The standard InChI is InChI=1S/C23H30N4O3.C9H8BrNO.C9H9NO2/c1-15(27-23(29)19(24)12-8-16-6-4-3-5-7-16)20(28)13-11-17-9-10-18(22(25)26)14-21(17)30-2;1-12-9-4-7(6-11)2-3-8(9)5-10;1-12-9-4-7(5-10)2-3-8(9)6-11/h3-7,9-10,14-15,19H,8,11-13,24H2,1-2H3,(H3,25,26)(H,27,29);2-4H,5H2,1H3;2-4,11H,6H2,1H3/t15-,19+;;/m0../s1. The van der Waals surface area contributed by atoms with Gasteiger partial charge in [-0.25, -0.2) is 0 Å². The lowest BCUT2D eigenvalue weighted by molar-refractivity contribution is -0.128. The number of aryl methyl sites for hydroxylation is 2. The van der Waals surface area contributed by atoms with Crippen molar-refractivity contribution in [3.05, 3.63) is 124 Å². The van der Waals surface area contributed by atoms with Gasteiger partial charge in [0.1, 0.15) is 23.1 Å². The van der Waals surface area contributed by atoms with Gasteiger partial charge < -0.3 is 36.1 Å². The van der Waals surface area contributed by atoms with Gasteiger partial charge >= 0.3 is 0 Å². The van der Waals surface area contributed by atoms with Crippen LogP contribution >= 0.6 is 15.9 Å². The van der Waals surface area contributed by atoms with Crippen LogP contribution in [0.4, 0.5) is 0 Å². The monoisotopic (exact) mass is 798 g/mol. The van der Waals surface area contributed by atoms with E-state index in [9.17, 15) is 9.59 Å². The highest BCUT2D eigenvalue weighted by Crippen LogP contribution is 2.23. The molecule has 0 spiro atoms. The summed E-state index contributed by atoms with van der Waals surface area (Å²) in [6.45, 7) is 1.59. The minimum atomic E-state index is -0.667. The van der Waals surface area contributed by atoms with Crippen molar-refractivity contribution < 1.29 is 28.9 Å². The molecule has 4 aromatic carbocycles. The van der Waals surface area contributed by atoms with E-state index in [4.69, 9.17) is 46.7 Å². The van der Waals surface area contributed by atoms with E-state index in [2.05, 4.69) is 27.3 Å². The van der Waals surface area contributed by atoms with Gasteiger partial charge in [-0.3, -0.25) is 15.0 Å². The van der Waals surface area contributed by atoms with Crippen molar-refractivity contribution >= 4 is 33.5 Å². The van der Waals surface area contributed by atoms with Crippen molar-refractivity contribution in [2.24, 2.45) is 11.5 Å². The number of nitrogen functional groups attached to an aromatic ring is 1. The number of ether oxygens (including phenoxy) is 3. The topological polar surface area (TPSA) is 218 Å². The predicted molar refractivity (Wildman–Crippen MR) is 212 cm³/mol. The van der Waals surface area contributed by atoms with Crippen LogP contribution in [0.3, 0.4) is 0 Å². The molecule has 12 nitrogen and oxygen atoms in total. The lowest BCUT2D eigenvalue weighted by Gasteiger charge is -2.17. The summed E-state index contributed by atoms with van der Waals surface area (Å²) in [4.78, 5) is 24.8.